The molecule has 1 heterocycles. The van der Waals surface area contributed by atoms with Gasteiger partial charge in [0.05, 0.1) is 6.54 Å². The Balaban J connectivity index is 2.33. The van der Waals surface area contributed by atoms with Crippen LogP contribution in [-0.2, 0) is 17.4 Å². The molecule has 2 aromatic rings. The quantitative estimate of drug-likeness (QED) is 0.724. The van der Waals surface area contributed by atoms with Gasteiger partial charge in [-0.05, 0) is 12.1 Å². The van der Waals surface area contributed by atoms with Gasteiger partial charge in [-0.3, -0.25) is 0 Å². The molecule has 0 radical (unpaired) electrons. The van der Waals surface area contributed by atoms with E-state index in [1.165, 1.54) is 0 Å². The van der Waals surface area contributed by atoms with Crippen LogP contribution in [0.2, 0.25) is 0 Å². The van der Waals surface area contributed by atoms with Gasteiger partial charge in [-0.15, -0.1) is 0 Å². The zero-order valence-corrected chi connectivity index (χ0v) is 8.03. The number of nitrogens with one attached hydrogen (secondary N) is 1. The summed E-state index contributed by atoms with van der Waals surface area (Å²) in [6.45, 7) is 0.162. The topological polar surface area (TPSA) is 72.2 Å². The molecule has 0 aliphatic carbocycles. The first-order valence-electron chi connectivity index (χ1n) is 3.98. The normalized spacial score (nSPS) is 11.2. The zero-order valence-electron chi connectivity index (χ0n) is 7.14. The van der Waals surface area contributed by atoms with E-state index in [1.807, 2.05) is 18.2 Å². The molecule has 5 nitrogen and oxygen atoms in total. The lowest BCUT2D eigenvalue weighted by Gasteiger charge is -1.91. The average molecular weight is 212 g/mol. The number of fused-ring (bicyclic) bond motifs is 1. The highest BCUT2D eigenvalue weighted by Crippen LogP contribution is 2.17. The molecule has 0 unspecified atom stereocenters. The summed E-state index contributed by atoms with van der Waals surface area (Å²) in [4.78, 5) is 0. The van der Waals surface area contributed by atoms with Crippen LogP contribution in [-0.4, -0.2) is 13.6 Å². The van der Waals surface area contributed by atoms with Gasteiger partial charge >= 0.3 is 0 Å². The maximum atomic E-state index is 10.3. The standard InChI is InChI=1S/C8H8N2O3S/c11-14(12)9-5-7-6-3-1-2-4-8(6)13-10-7/h1-4,14H,5H2,(H,9,11,12). The third-order valence-electron chi connectivity index (χ3n) is 1.83. The van der Waals surface area contributed by atoms with E-state index in [0.717, 1.165) is 5.39 Å². The Bertz CT molecular complexity index is 510. The first kappa shape index (κ1) is 9.17. The van der Waals surface area contributed by atoms with E-state index in [0.29, 0.717) is 11.3 Å². The second-order valence-electron chi connectivity index (χ2n) is 2.72. The van der Waals surface area contributed by atoms with Crippen molar-refractivity contribution in [1.82, 2.24) is 9.88 Å². The van der Waals surface area contributed by atoms with Crippen LogP contribution in [0.15, 0.2) is 28.8 Å². The fourth-order valence-corrected chi connectivity index (χ4v) is 1.48. The Morgan fingerprint density at radius 1 is 1.36 bits per heavy atom. The summed E-state index contributed by atoms with van der Waals surface area (Å²) in [6.07, 6.45) is 0. The lowest BCUT2D eigenvalue weighted by atomic mass is 10.2. The SMILES string of the molecule is O=[SH](=O)NCc1noc2ccccc12. The molecule has 0 aliphatic heterocycles. The minimum absolute atomic E-state index is 0.162. The molecule has 0 saturated heterocycles. The highest BCUT2D eigenvalue weighted by atomic mass is 32.2. The molecular formula is C8H8N2O3S. The number of hydrogen-bond donors (Lipinski definition) is 2. The molecule has 0 fully saturated rings. The van der Waals surface area contributed by atoms with Crippen LogP contribution in [0.25, 0.3) is 11.0 Å². The minimum atomic E-state index is -2.59. The van der Waals surface area contributed by atoms with Crippen LogP contribution in [0.3, 0.4) is 0 Å². The Morgan fingerprint density at radius 2 is 2.14 bits per heavy atom. The van der Waals surface area contributed by atoms with Crippen LogP contribution in [0, 0.1) is 0 Å². The van der Waals surface area contributed by atoms with Gasteiger partial charge in [0.1, 0.15) is 5.69 Å². The van der Waals surface area contributed by atoms with Gasteiger partial charge in [0.25, 0.3) is 0 Å². The molecule has 74 valence electrons. The predicted octanol–water partition coefficient (Wildman–Crippen LogP) is 0.444. The maximum absolute atomic E-state index is 10.3. The van der Waals surface area contributed by atoms with E-state index in [4.69, 9.17) is 4.52 Å². The summed E-state index contributed by atoms with van der Waals surface area (Å²) < 4.78 is 27.9. The van der Waals surface area contributed by atoms with E-state index in [9.17, 15) is 8.42 Å². The molecule has 1 aromatic carbocycles. The predicted molar refractivity (Wildman–Crippen MR) is 51.2 cm³/mol. The summed E-state index contributed by atoms with van der Waals surface area (Å²) in [7, 11) is -2.59. The van der Waals surface area contributed by atoms with Crippen molar-refractivity contribution < 1.29 is 12.9 Å². The smallest absolute Gasteiger partial charge is 0.201 e. The Morgan fingerprint density at radius 3 is 2.93 bits per heavy atom. The first-order valence-corrected chi connectivity index (χ1v) is 5.16. The van der Waals surface area contributed by atoms with Gasteiger partial charge in [-0.25, -0.2) is 13.1 Å². The monoisotopic (exact) mass is 212 g/mol. The Kier molecular flexibility index (Phi) is 2.47. The van der Waals surface area contributed by atoms with Crippen molar-refractivity contribution >= 4 is 21.9 Å². The highest BCUT2D eigenvalue weighted by molar-refractivity contribution is 7.70. The van der Waals surface area contributed by atoms with Crippen molar-refractivity contribution in [3.63, 3.8) is 0 Å². The van der Waals surface area contributed by atoms with Crippen LogP contribution in [0.4, 0.5) is 0 Å². The van der Waals surface area contributed by atoms with Crippen LogP contribution in [0.1, 0.15) is 5.69 Å². The second-order valence-corrected chi connectivity index (χ2v) is 3.55. The number of para-hydroxylation sites is 1. The Hall–Kier alpha value is -1.40. The lowest BCUT2D eigenvalue weighted by Crippen LogP contribution is -2.10. The molecule has 0 aliphatic rings. The molecule has 14 heavy (non-hydrogen) atoms. The van der Waals surface area contributed by atoms with Gasteiger partial charge in [-0.2, -0.15) is 0 Å². The van der Waals surface area contributed by atoms with E-state index >= 15 is 0 Å². The molecule has 0 saturated carbocycles. The highest BCUT2D eigenvalue weighted by Gasteiger charge is 2.06. The molecule has 0 spiro atoms. The van der Waals surface area contributed by atoms with Crippen LogP contribution in [0.5, 0.6) is 0 Å². The van der Waals surface area contributed by atoms with Gasteiger partial charge in [0.15, 0.2) is 5.58 Å². The molecule has 0 atom stereocenters. The summed E-state index contributed by atoms with van der Waals surface area (Å²) in [5.74, 6) is 0. The fourth-order valence-electron chi connectivity index (χ4n) is 1.21. The molecular weight excluding hydrogens is 204 g/mol. The molecule has 0 bridgehead atoms. The molecule has 1 N–H and O–H groups in total. The number of hydrogen-bond acceptors (Lipinski definition) is 4. The number of rotatable bonds is 3. The minimum Gasteiger partial charge on any atom is -0.356 e. The van der Waals surface area contributed by atoms with Crippen molar-refractivity contribution in [3.8, 4) is 0 Å². The van der Waals surface area contributed by atoms with Gasteiger partial charge in [0.2, 0.25) is 10.9 Å². The first-order chi connectivity index (χ1) is 6.77. The van der Waals surface area contributed by atoms with Crippen molar-refractivity contribution in [2.75, 3.05) is 0 Å². The zero-order chi connectivity index (χ0) is 9.97. The van der Waals surface area contributed by atoms with Crippen molar-refractivity contribution in [1.29, 1.82) is 0 Å². The van der Waals surface area contributed by atoms with Crippen molar-refractivity contribution in [2.45, 2.75) is 6.54 Å². The van der Waals surface area contributed by atoms with Crippen molar-refractivity contribution in [3.05, 3.63) is 30.0 Å². The number of aromatic nitrogens is 1. The Labute approximate surface area is 81.8 Å². The fraction of sp³-hybridized carbons (Fsp3) is 0.125. The second kappa shape index (κ2) is 3.77. The van der Waals surface area contributed by atoms with Gasteiger partial charge < -0.3 is 4.52 Å². The number of benzene rings is 1. The van der Waals surface area contributed by atoms with Crippen LogP contribution >= 0.6 is 0 Å². The van der Waals surface area contributed by atoms with Gasteiger partial charge in [-0.1, -0.05) is 17.3 Å². The van der Waals surface area contributed by atoms with E-state index in [-0.39, 0.29) is 6.54 Å². The maximum Gasteiger partial charge on any atom is 0.201 e. The summed E-state index contributed by atoms with van der Waals surface area (Å²) in [5, 5.41) is 4.59. The average Bonchev–Trinajstić information content (AvgIpc) is 2.58. The third-order valence-corrected chi connectivity index (χ3v) is 2.24. The summed E-state index contributed by atoms with van der Waals surface area (Å²) >= 11 is 0. The number of thiol groups is 1. The molecule has 6 heteroatoms. The van der Waals surface area contributed by atoms with E-state index < -0.39 is 10.9 Å². The van der Waals surface area contributed by atoms with Crippen molar-refractivity contribution in [2.24, 2.45) is 0 Å². The lowest BCUT2D eigenvalue weighted by molar-refractivity contribution is 0.445. The molecule has 2 rings (SSSR count). The van der Waals surface area contributed by atoms with Crippen LogP contribution < -0.4 is 4.72 Å². The largest absolute Gasteiger partial charge is 0.356 e. The molecule has 0 amide bonds. The van der Waals surface area contributed by atoms with E-state index in [2.05, 4.69) is 9.88 Å². The third kappa shape index (κ3) is 1.75. The number of nitrogens with zero attached hydrogens (tertiary/aromatic N) is 1. The van der Waals surface area contributed by atoms with E-state index in [1.54, 1.807) is 6.07 Å². The summed E-state index contributed by atoms with van der Waals surface area (Å²) in [6, 6.07) is 7.29. The van der Waals surface area contributed by atoms with Gasteiger partial charge in [0, 0.05) is 5.39 Å². The molecule has 1 aromatic heterocycles. The summed E-state index contributed by atoms with van der Waals surface area (Å²) in [5.41, 5.74) is 1.25.